The molecule has 0 amide bonds. The first-order valence-electron chi connectivity index (χ1n) is 6.82. The predicted molar refractivity (Wildman–Crippen MR) is 79.4 cm³/mol. The molecule has 5 heteroatoms. The van der Waals surface area contributed by atoms with Crippen LogP contribution >= 0.6 is 0 Å². The van der Waals surface area contributed by atoms with Crippen LogP contribution in [0.4, 0.5) is 5.69 Å². The number of nitrogens with two attached hydrogens (primary N) is 1. The molecule has 5 nitrogen and oxygen atoms in total. The third-order valence-electron chi connectivity index (χ3n) is 3.20. The Morgan fingerprint density at radius 2 is 1.90 bits per heavy atom. The van der Waals surface area contributed by atoms with Gasteiger partial charge in [-0.05, 0) is 38.0 Å². The second-order valence-electron chi connectivity index (χ2n) is 5.61. The fraction of sp³-hybridized carbons (Fsp3) is 0.467. The minimum absolute atomic E-state index is 0.530. The Labute approximate surface area is 119 Å². The van der Waals surface area contributed by atoms with Crippen molar-refractivity contribution in [2.45, 2.75) is 39.3 Å². The number of benzene rings is 1. The van der Waals surface area contributed by atoms with E-state index in [1.165, 1.54) is 5.56 Å². The average Bonchev–Trinajstić information content (AvgIpc) is 2.87. The Kier molecular flexibility index (Phi) is 4.09. The quantitative estimate of drug-likeness (QED) is 0.907. The minimum atomic E-state index is -0.580. The smallest absolute Gasteiger partial charge is 0.246 e. The Bertz CT molecular complexity index is 554. The molecular weight excluding hydrogens is 252 g/mol. The Balaban J connectivity index is 2.07. The molecule has 0 saturated heterocycles. The van der Waals surface area contributed by atoms with Crippen molar-refractivity contribution in [2.75, 3.05) is 11.9 Å². The van der Waals surface area contributed by atoms with Crippen molar-refractivity contribution in [3.63, 3.8) is 0 Å². The van der Waals surface area contributed by atoms with Crippen molar-refractivity contribution in [1.29, 1.82) is 0 Å². The molecule has 0 unspecified atom stereocenters. The highest BCUT2D eigenvalue weighted by Gasteiger charge is 2.21. The molecule has 0 aliphatic rings. The van der Waals surface area contributed by atoms with Crippen LogP contribution in [0, 0.1) is 0 Å². The number of aryl methyl sites for hydroxylation is 1. The second-order valence-corrected chi connectivity index (χ2v) is 5.61. The van der Waals surface area contributed by atoms with E-state index >= 15 is 0 Å². The van der Waals surface area contributed by atoms with E-state index in [1.807, 2.05) is 20.9 Å². The number of hydrogen-bond donors (Lipinski definition) is 1. The minimum Gasteiger partial charge on any atom is -0.365 e. The summed E-state index contributed by atoms with van der Waals surface area (Å²) < 4.78 is 5.25. The number of nitrogens with zero attached hydrogens (tertiary/aromatic N) is 3. The highest BCUT2D eigenvalue weighted by atomic mass is 16.5. The van der Waals surface area contributed by atoms with Gasteiger partial charge in [0.2, 0.25) is 5.89 Å². The van der Waals surface area contributed by atoms with E-state index in [0.717, 1.165) is 12.1 Å². The van der Waals surface area contributed by atoms with Crippen molar-refractivity contribution >= 4 is 5.69 Å². The molecule has 1 aromatic carbocycles. The van der Waals surface area contributed by atoms with Crippen LogP contribution in [-0.2, 0) is 18.5 Å². The monoisotopic (exact) mass is 274 g/mol. The lowest BCUT2D eigenvalue weighted by Crippen LogP contribution is -2.30. The van der Waals surface area contributed by atoms with Gasteiger partial charge in [0.15, 0.2) is 5.82 Å². The van der Waals surface area contributed by atoms with Crippen LogP contribution < -0.4 is 10.6 Å². The molecule has 1 heterocycles. The van der Waals surface area contributed by atoms with Gasteiger partial charge in [-0.1, -0.05) is 24.2 Å². The molecule has 0 aliphatic carbocycles. The van der Waals surface area contributed by atoms with Crippen LogP contribution in [0.3, 0.4) is 0 Å². The maximum atomic E-state index is 5.95. The summed E-state index contributed by atoms with van der Waals surface area (Å²) in [5.74, 6) is 1.10. The average molecular weight is 274 g/mol. The third-order valence-corrected chi connectivity index (χ3v) is 3.20. The van der Waals surface area contributed by atoms with Crippen LogP contribution in [0.1, 0.15) is 38.0 Å². The van der Waals surface area contributed by atoms with Gasteiger partial charge in [0.25, 0.3) is 0 Å². The SMILES string of the molecule is CCc1ccc(N(C)Cc2nc(C(C)(C)N)no2)cc1. The molecule has 1 aromatic heterocycles. The molecule has 0 atom stereocenters. The van der Waals surface area contributed by atoms with Crippen molar-refractivity contribution in [3.05, 3.63) is 41.5 Å². The summed E-state index contributed by atoms with van der Waals surface area (Å²) >= 11 is 0. The fourth-order valence-corrected chi connectivity index (χ4v) is 1.86. The molecule has 0 aliphatic heterocycles. The molecule has 2 N–H and O–H groups in total. The van der Waals surface area contributed by atoms with E-state index in [0.29, 0.717) is 18.3 Å². The highest BCUT2D eigenvalue weighted by molar-refractivity contribution is 5.46. The maximum Gasteiger partial charge on any atom is 0.246 e. The number of rotatable bonds is 5. The van der Waals surface area contributed by atoms with Crippen LogP contribution in [0.2, 0.25) is 0 Å². The predicted octanol–water partition coefficient (Wildman–Crippen LogP) is 2.46. The fourth-order valence-electron chi connectivity index (χ4n) is 1.86. The van der Waals surface area contributed by atoms with Gasteiger partial charge in [-0.15, -0.1) is 0 Å². The summed E-state index contributed by atoms with van der Waals surface area (Å²) in [7, 11) is 2.00. The molecule has 2 rings (SSSR count). The topological polar surface area (TPSA) is 68.2 Å². The molecule has 0 radical (unpaired) electrons. The molecule has 20 heavy (non-hydrogen) atoms. The second kappa shape index (κ2) is 5.63. The van der Waals surface area contributed by atoms with E-state index in [9.17, 15) is 0 Å². The van der Waals surface area contributed by atoms with Crippen molar-refractivity contribution in [3.8, 4) is 0 Å². The summed E-state index contributed by atoms with van der Waals surface area (Å²) in [6.07, 6.45) is 1.04. The Morgan fingerprint density at radius 1 is 1.25 bits per heavy atom. The van der Waals surface area contributed by atoms with E-state index in [-0.39, 0.29) is 0 Å². The lowest BCUT2D eigenvalue weighted by molar-refractivity contribution is 0.360. The molecule has 0 fully saturated rings. The van der Waals surface area contributed by atoms with E-state index in [2.05, 4.69) is 46.2 Å². The zero-order valence-electron chi connectivity index (χ0n) is 12.6. The van der Waals surface area contributed by atoms with Crippen molar-refractivity contribution in [2.24, 2.45) is 5.73 Å². The van der Waals surface area contributed by atoms with Crippen LogP contribution in [-0.4, -0.2) is 17.2 Å². The Hall–Kier alpha value is -1.88. The summed E-state index contributed by atoms with van der Waals surface area (Å²) in [6.45, 7) is 6.42. The number of anilines is 1. The van der Waals surface area contributed by atoms with E-state index < -0.39 is 5.54 Å². The van der Waals surface area contributed by atoms with Gasteiger partial charge in [0.05, 0.1) is 12.1 Å². The van der Waals surface area contributed by atoms with Crippen LogP contribution in [0.15, 0.2) is 28.8 Å². The first-order valence-corrected chi connectivity index (χ1v) is 6.82. The van der Waals surface area contributed by atoms with Gasteiger partial charge < -0.3 is 15.2 Å². The lowest BCUT2D eigenvalue weighted by atomic mass is 10.1. The van der Waals surface area contributed by atoms with Gasteiger partial charge in [0.1, 0.15) is 0 Å². The largest absolute Gasteiger partial charge is 0.365 e. The van der Waals surface area contributed by atoms with E-state index in [4.69, 9.17) is 10.3 Å². The lowest BCUT2D eigenvalue weighted by Gasteiger charge is -2.17. The first-order chi connectivity index (χ1) is 9.40. The summed E-state index contributed by atoms with van der Waals surface area (Å²) in [5.41, 5.74) is 7.81. The third kappa shape index (κ3) is 3.36. The number of hydrogen-bond acceptors (Lipinski definition) is 5. The van der Waals surface area contributed by atoms with Gasteiger partial charge in [-0.2, -0.15) is 4.98 Å². The molecule has 0 saturated carbocycles. The van der Waals surface area contributed by atoms with Crippen LogP contribution in [0.25, 0.3) is 0 Å². The molecule has 0 bridgehead atoms. The first kappa shape index (κ1) is 14.5. The van der Waals surface area contributed by atoms with Gasteiger partial charge in [-0.3, -0.25) is 0 Å². The normalized spacial score (nSPS) is 11.7. The summed E-state index contributed by atoms with van der Waals surface area (Å²) in [5, 5.41) is 3.92. The standard InChI is InChI=1S/C15H22N4O/c1-5-11-6-8-12(9-7-11)19(4)10-13-17-14(18-20-13)15(2,3)16/h6-9H,5,10,16H2,1-4H3. The molecule has 0 spiro atoms. The van der Waals surface area contributed by atoms with Gasteiger partial charge in [-0.25, -0.2) is 0 Å². The Morgan fingerprint density at radius 3 is 2.40 bits per heavy atom. The summed E-state index contributed by atoms with van der Waals surface area (Å²) in [6, 6.07) is 8.47. The van der Waals surface area contributed by atoms with Gasteiger partial charge >= 0.3 is 0 Å². The molecule has 108 valence electrons. The molecular formula is C15H22N4O. The highest BCUT2D eigenvalue weighted by Crippen LogP contribution is 2.18. The van der Waals surface area contributed by atoms with Crippen molar-refractivity contribution in [1.82, 2.24) is 10.1 Å². The maximum absolute atomic E-state index is 5.95. The van der Waals surface area contributed by atoms with E-state index in [1.54, 1.807) is 0 Å². The number of aromatic nitrogens is 2. The van der Waals surface area contributed by atoms with Crippen molar-refractivity contribution < 1.29 is 4.52 Å². The summed E-state index contributed by atoms with van der Waals surface area (Å²) in [4.78, 5) is 6.41. The zero-order chi connectivity index (χ0) is 14.8. The molecule has 2 aromatic rings. The van der Waals surface area contributed by atoms with Gasteiger partial charge in [0, 0.05) is 12.7 Å². The zero-order valence-corrected chi connectivity index (χ0v) is 12.6. The van der Waals surface area contributed by atoms with Crippen LogP contribution in [0.5, 0.6) is 0 Å².